The largest absolute Gasteiger partial charge is 0.454 e. The predicted octanol–water partition coefficient (Wildman–Crippen LogP) is 1.58. The molecule has 0 radical (unpaired) electrons. The van der Waals surface area contributed by atoms with Crippen LogP contribution >= 0.6 is 11.8 Å². The Balaban J connectivity index is 1.70. The van der Waals surface area contributed by atoms with Crippen molar-refractivity contribution in [1.82, 2.24) is 10.2 Å². The van der Waals surface area contributed by atoms with Crippen molar-refractivity contribution in [2.75, 3.05) is 45.8 Å². The van der Waals surface area contributed by atoms with Gasteiger partial charge in [-0.1, -0.05) is 6.07 Å². The molecule has 0 atom stereocenters. The van der Waals surface area contributed by atoms with Crippen LogP contribution < -0.4 is 14.8 Å². The van der Waals surface area contributed by atoms with Gasteiger partial charge in [0.05, 0.1) is 4.90 Å². The maximum absolute atomic E-state index is 5.59. The molecule has 1 aromatic carbocycles. The number of nitrogens with one attached hydrogen (secondary N) is 1. The molecule has 1 fully saturated rings. The summed E-state index contributed by atoms with van der Waals surface area (Å²) in [5.74, 6) is 1.82. The van der Waals surface area contributed by atoms with Gasteiger partial charge in [-0.05, 0) is 24.3 Å². The Labute approximate surface area is 118 Å². The standard InChI is InChI=1S/C14H20N2O2S/c1-19-14-11(2-3-12-13(14)18-10-17-12)4-7-16-8-5-15-6-9-16/h2-3,15H,4-10H2,1H3. The van der Waals surface area contributed by atoms with E-state index in [4.69, 9.17) is 9.47 Å². The lowest BCUT2D eigenvalue weighted by molar-refractivity contribution is 0.172. The van der Waals surface area contributed by atoms with Crippen LogP contribution in [0.5, 0.6) is 11.5 Å². The lowest BCUT2D eigenvalue weighted by Gasteiger charge is -2.27. The first-order valence-corrected chi connectivity index (χ1v) is 7.99. The Hall–Kier alpha value is -0.910. The molecule has 1 N–H and O–H groups in total. The number of thioether (sulfide) groups is 1. The number of benzene rings is 1. The first-order valence-electron chi connectivity index (χ1n) is 6.77. The molecule has 0 spiro atoms. The highest BCUT2D eigenvalue weighted by Gasteiger charge is 2.20. The highest BCUT2D eigenvalue weighted by atomic mass is 32.2. The summed E-state index contributed by atoms with van der Waals surface area (Å²) in [4.78, 5) is 3.76. The molecule has 0 amide bonds. The number of hydrogen-bond acceptors (Lipinski definition) is 5. The minimum atomic E-state index is 0.351. The summed E-state index contributed by atoms with van der Waals surface area (Å²) in [5, 5.41) is 3.39. The third kappa shape index (κ3) is 2.83. The van der Waals surface area contributed by atoms with Gasteiger partial charge in [-0.3, -0.25) is 0 Å². The van der Waals surface area contributed by atoms with E-state index < -0.39 is 0 Å². The fraction of sp³-hybridized carbons (Fsp3) is 0.571. The molecular weight excluding hydrogens is 260 g/mol. The van der Waals surface area contributed by atoms with E-state index in [0.29, 0.717) is 6.79 Å². The molecule has 5 heteroatoms. The van der Waals surface area contributed by atoms with Gasteiger partial charge in [-0.25, -0.2) is 0 Å². The number of nitrogens with zero attached hydrogens (tertiary/aromatic N) is 1. The van der Waals surface area contributed by atoms with Gasteiger partial charge in [0.25, 0.3) is 0 Å². The molecule has 4 nitrogen and oxygen atoms in total. The fourth-order valence-corrected chi connectivity index (χ4v) is 3.40. The summed E-state index contributed by atoms with van der Waals surface area (Å²) >= 11 is 1.75. The topological polar surface area (TPSA) is 33.7 Å². The molecule has 0 aliphatic carbocycles. The summed E-state index contributed by atoms with van der Waals surface area (Å²) in [6.07, 6.45) is 3.18. The van der Waals surface area contributed by atoms with Crippen LogP contribution in [-0.2, 0) is 6.42 Å². The highest BCUT2D eigenvalue weighted by molar-refractivity contribution is 7.98. The number of hydrogen-bond donors (Lipinski definition) is 1. The van der Waals surface area contributed by atoms with Crippen molar-refractivity contribution in [3.63, 3.8) is 0 Å². The van der Waals surface area contributed by atoms with Crippen LogP contribution in [0, 0.1) is 0 Å². The molecule has 0 unspecified atom stereocenters. The van der Waals surface area contributed by atoms with Gasteiger partial charge in [0.1, 0.15) is 0 Å². The van der Waals surface area contributed by atoms with Gasteiger partial charge in [-0.15, -0.1) is 11.8 Å². The second kappa shape index (κ2) is 6.03. The average molecular weight is 280 g/mol. The molecule has 19 heavy (non-hydrogen) atoms. The van der Waals surface area contributed by atoms with Gasteiger partial charge in [0, 0.05) is 32.7 Å². The molecule has 2 aliphatic heterocycles. The Morgan fingerprint density at radius 3 is 2.89 bits per heavy atom. The Kier molecular flexibility index (Phi) is 4.15. The quantitative estimate of drug-likeness (QED) is 0.847. The van der Waals surface area contributed by atoms with E-state index in [2.05, 4.69) is 22.5 Å². The third-order valence-corrected chi connectivity index (χ3v) is 4.54. The van der Waals surface area contributed by atoms with Gasteiger partial charge in [0.2, 0.25) is 6.79 Å². The van der Waals surface area contributed by atoms with E-state index in [1.54, 1.807) is 11.8 Å². The zero-order chi connectivity index (χ0) is 13.1. The van der Waals surface area contributed by atoms with Crippen LogP contribution in [0.25, 0.3) is 0 Å². The van der Waals surface area contributed by atoms with Crippen LogP contribution in [0.3, 0.4) is 0 Å². The number of rotatable bonds is 4. The summed E-state index contributed by atoms with van der Waals surface area (Å²) in [6.45, 7) is 5.99. The lowest BCUT2D eigenvalue weighted by atomic mass is 10.1. The van der Waals surface area contributed by atoms with Crippen LogP contribution in [0.2, 0.25) is 0 Å². The van der Waals surface area contributed by atoms with E-state index in [1.807, 2.05) is 6.07 Å². The van der Waals surface area contributed by atoms with Crippen molar-refractivity contribution < 1.29 is 9.47 Å². The molecule has 3 rings (SSSR count). The van der Waals surface area contributed by atoms with Crippen LogP contribution in [0.1, 0.15) is 5.56 Å². The third-order valence-electron chi connectivity index (χ3n) is 3.69. The van der Waals surface area contributed by atoms with Crippen molar-refractivity contribution in [2.24, 2.45) is 0 Å². The normalized spacial score (nSPS) is 18.8. The summed E-state index contributed by atoms with van der Waals surface area (Å²) in [6, 6.07) is 4.22. The molecule has 2 heterocycles. The van der Waals surface area contributed by atoms with Crippen molar-refractivity contribution in [3.8, 4) is 11.5 Å². The summed E-state index contributed by atoms with van der Waals surface area (Å²) in [7, 11) is 0. The second-order valence-electron chi connectivity index (χ2n) is 4.83. The van der Waals surface area contributed by atoms with Crippen LogP contribution in [0.15, 0.2) is 17.0 Å². The number of ether oxygens (including phenoxy) is 2. The minimum Gasteiger partial charge on any atom is -0.454 e. The van der Waals surface area contributed by atoms with Crippen molar-refractivity contribution in [2.45, 2.75) is 11.3 Å². The second-order valence-corrected chi connectivity index (χ2v) is 5.65. The Bertz CT molecular complexity index is 447. The number of piperazine rings is 1. The predicted molar refractivity (Wildman–Crippen MR) is 77.4 cm³/mol. The maximum Gasteiger partial charge on any atom is 0.231 e. The first kappa shape index (κ1) is 13.1. The van der Waals surface area contributed by atoms with Crippen molar-refractivity contribution in [3.05, 3.63) is 17.7 Å². The van der Waals surface area contributed by atoms with Gasteiger partial charge in [-0.2, -0.15) is 0 Å². The van der Waals surface area contributed by atoms with E-state index in [9.17, 15) is 0 Å². The van der Waals surface area contributed by atoms with Crippen LogP contribution in [-0.4, -0.2) is 50.7 Å². The summed E-state index contributed by atoms with van der Waals surface area (Å²) < 4.78 is 11.0. The summed E-state index contributed by atoms with van der Waals surface area (Å²) in [5.41, 5.74) is 1.37. The van der Waals surface area contributed by atoms with E-state index in [0.717, 1.165) is 50.6 Å². The van der Waals surface area contributed by atoms with Crippen molar-refractivity contribution >= 4 is 11.8 Å². The van der Waals surface area contributed by atoms with Gasteiger partial charge >= 0.3 is 0 Å². The highest BCUT2D eigenvalue weighted by Crippen LogP contribution is 2.42. The lowest BCUT2D eigenvalue weighted by Crippen LogP contribution is -2.44. The van der Waals surface area contributed by atoms with E-state index in [1.165, 1.54) is 10.5 Å². The SMILES string of the molecule is CSc1c(CCN2CCNCC2)ccc2c1OCO2. The van der Waals surface area contributed by atoms with E-state index >= 15 is 0 Å². The smallest absolute Gasteiger partial charge is 0.231 e. The molecule has 1 saturated heterocycles. The zero-order valence-electron chi connectivity index (χ0n) is 11.3. The van der Waals surface area contributed by atoms with Crippen LogP contribution in [0.4, 0.5) is 0 Å². The molecule has 0 saturated carbocycles. The van der Waals surface area contributed by atoms with Gasteiger partial charge < -0.3 is 19.7 Å². The molecule has 0 bridgehead atoms. The molecule has 0 aromatic heterocycles. The Morgan fingerprint density at radius 1 is 1.26 bits per heavy atom. The van der Waals surface area contributed by atoms with Gasteiger partial charge in [0.15, 0.2) is 11.5 Å². The van der Waals surface area contributed by atoms with E-state index in [-0.39, 0.29) is 0 Å². The molecule has 2 aliphatic rings. The number of fused-ring (bicyclic) bond motifs is 1. The average Bonchev–Trinajstić information content (AvgIpc) is 2.94. The zero-order valence-corrected chi connectivity index (χ0v) is 12.1. The first-order chi connectivity index (χ1) is 9.38. The maximum atomic E-state index is 5.59. The monoisotopic (exact) mass is 280 g/mol. The van der Waals surface area contributed by atoms with Crippen molar-refractivity contribution in [1.29, 1.82) is 0 Å². The minimum absolute atomic E-state index is 0.351. The molecule has 104 valence electrons. The molecular formula is C14H20N2O2S. The fourth-order valence-electron chi connectivity index (χ4n) is 2.62. The Morgan fingerprint density at radius 2 is 2.11 bits per heavy atom. The molecule has 1 aromatic rings.